The Kier molecular flexibility index (Phi) is 9.17. The minimum Gasteiger partial charge on any atom is -0.492 e. The average Bonchev–Trinajstić information content (AvgIpc) is 3.21. The quantitative estimate of drug-likeness (QED) is 0.248. The molecule has 0 bridgehead atoms. The number of hydrogen-bond donors (Lipinski definition) is 1. The summed E-state index contributed by atoms with van der Waals surface area (Å²) in [6, 6.07) is 11.2. The van der Waals surface area contributed by atoms with Crippen LogP contribution in [0.2, 0.25) is 0 Å². The predicted octanol–water partition coefficient (Wildman–Crippen LogP) is 1.39. The molecule has 0 spiro atoms. The number of sulfonamides is 1. The predicted molar refractivity (Wildman–Crippen MR) is 121 cm³/mol. The van der Waals surface area contributed by atoms with E-state index in [1.807, 2.05) is 35.2 Å². The van der Waals surface area contributed by atoms with E-state index in [0.717, 1.165) is 11.7 Å². The Hall–Kier alpha value is -1.86. The van der Waals surface area contributed by atoms with Gasteiger partial charge in [-0.3, -0.25) is 4.99 Å². The van der Waals surface area contributed by atoms with Crippen LogP contribution in [0.25, 0.3) is 0 Å². The first-order valence-corrected chi connectivity index (χ1v) is 10.7. The van der Waals surface area contributed by atoms with Crippen molar-refractivity contribution in [2.45, 2.75) is 5.75 Å². The van der Waals surface area contributed by atoms with Gasteiger partial charge < -0.3 is 19.5 Å². The summed E-state index contributed by atoms with van der Waals surface area (Å²) in [5.41, 5.74) is 0.415. The van der Waals surface area contributed by atoms with Gasteiger partial charge in [-0.25, -0.2) is 8.42 Å². The van der Waals surface area contributed by atoms with Crippen molar-refractivity contribution in [2.24, 2.45) is 4.99 Å². The summed E-state index contributed by atoms with van der Waals surface area (Å²) < 4.78 is 36.9. The van der Waals surface area contributed by atoms with Crippen LogP contribution in [0.4, 0.5) is 0 Å². The van der Waals surface area contributed by atoms with E-state index in [1.165, 1.54) is 10.6 Å². The first-order valence-electron chi connectivity index (χ1n) is 9.09. The van der Waals surface area contributed by atoms with E-state index >= 15 is 0 Å². The second-order valence-corrected chi connectivity index (χ2v) is 8.24. The summed E-state index contributed by atoms with van der Waals surface area (Å²) in [6.07, 6.45) is 1.37. The van der Waals surface area contributed by atoms with Crippen LogP contribution in [-0.4, -0.2) is 75.1 Å². The van der Waals surface area contributed by atoms with Crippen molar-refractivity contribution in [1.82, 2.24) is 19.7 Å². The number of aliphatic imine (C=N–C) groups is 1. The molecule has 0 unspecified atom stereocenters. The molecule has 11 heteroatoms. The second kappa shape index (κ2) is 11.4. The molecule has 2 heterocycles. The summed E-state index contributed by atoms with van der Waals surface area (Å²) in [7, 11) is -1.69. The average molecular weight is 535 g/mol. The number of piperazine rings is 1. The zero-order valence-corrected chi connectivity index (χ0v) is 19.4. The number of rotatable bonds is 7. The minimum absolute atomic E-state index is 0. The third-order valence-electron chi connectivity index (χ3n) is 4.36. The SMILES string of the molecule is CN=C(NCCOc1ccccc1)N1CCN(S(=O)(=O)Cc2ccon2)CC1.I. The smallest absolute Gasteiger partial charge is 0.220 e. The summed E-state index contributed by atoms with van der Waals surface area (Å²) in [6.45, 7) is 3.05. The van der Waals surface area contributed by atoms with Crippen LogP contribution < -0.4 is 10.1 Å². The third-order valence-corrected chi connectivity index (χ3v) is 6.17. The number of para-hydroxylation sites is 1. The molecule has 0 radical (unpaired) electrons. The van der Waals surface area contributed by atoms with Gasteiger partial charge in [0.05, 0.1) is 12.2 Å². The number of benzene rings is 1. The van der Waals surface area contributed by atoms with Gasteiger partial charge in [-0.05, 0) is 12.1 Å². The monoisotopic (exact) mass is 535 g/mol. The molecular formula is C18H26IN5O4S. The number of guanidine groups is 1. The molecule has 0 saturated carbocycles. The third kappa shape index (κ3) is 6.85. The molecule has 1 aliphatic rings. The zero-order chi connectivity index (χ0) is 19.8. The molecule has 1 aromatic heterocycles. The molecule has 0 amide bonds. The van der Waals surface area contributed by atoms with Crippen LogP contribution in [-0.2, 0) is 15.8 Å². The highest BCUT2D eigenvalue weighted by atomic mass is 127. The molecule has 1 fully saturated rings. The van der Waals surface area contributed by atoms with Crippen molar-refractivity contribution in [3.63, 3.8) is 0 Å². The normalized spacial score (nSPS) is 15.6. The lowest BCUT2D eigenvalue weighted by Crippen LogP contribution is -2.54. The molecule has 1 N–H and O–H groups in total. The van der Waals surface area contributed by atoms with Gasteiger partial charge in [-0.2, -0.15) is 4.31 Å². The molecule has 1 aromatic carbocycles. The summed E-state index contributed by atoms with van der Waals surface area (Å²) in [5, 5.41) is 6.94. The highest BCUT2D eigenvalue weighted by Gasteiger charge is 2.28. The summed E-state index contributed by atoms with van der Waals surface area (Å²) in [5.74, 6) is 1.42. The molecule has 1 aliphatic heterocycles. The lowest BCUT2D eigenvalue weighted by Gasteiger charge is -2.35. The Morgan fingerprint density at radius 3 is 2.55 bits per heavy atom. The fourth-order valence-corrected chi connectivity index (χ4v) is 4.37. The molecule has 1 saturated heterocycles. The van der Waals surface area contributed by atoms with Crippen molar-refractivity contribution >= 4 is 40.0 Å². The number of nitrogens with one attached hydrogen (secondary N) is 1. The van der Waals surface area contributed by atoms with Gasteiger partial charge >= 0.3 is 0 Å². The van der Waals surface area contributed by atoms with Gasteiger partial charge in [0.25, 0.3) is 0 Å². The Morgan fingerprint density at radius 1 is 1.21 bits per heavy atom. The minimum atomic E-state index is -3.41. The molecule has 160 valence electrons. The van der Waals surface area contributed by atoms with Crippen LogP contribution in [0.3, 0.4) is 0 Å². The highest BCUT2D eigenvalue weighted by Crippen LogP contribution is 2.13. The Labute approximate surface area is 188 Å². The van der Waals surface area contributed by atoms with Crippen molar-refractivity contribution < 1.29 is 17.7 Å². The van der Waals surface area contributed by atoms with E-state index in [-0.39, 0.29) is 29.7 Å². The molecule has 0 aliphatic carbocycles. The Morgan fingerprint density at radius 2 is 1.93 bits per heavy atom. The Balaban J connectivity index is 0.00000300. The topological polar surface area (TPSA) is 100 Å². The van der Waals surface area contributed by atoms with Gasteiger partial charge in [-0.15, -0.1) is 24.0 Å². The molecule has 2 aromatic rings. The van der Waals surface area contributed by atoms with Crippen molar-refractivity contribution in [3.8, 4) is 5.75 Å². The van der Waals surface area contributed by atoms with Gasteiger partial charge in [-0.1, -0.05) is 23.4 Å². The van der Waals surface area contributed by atoms with E-state index in [0.29, 0.717) is 45.0 Å². The van der Waals surface area contributed by atoms with Gasteiger partial charge in [0.2, 0.25) is 10.0 Å². The second-order valence-electron chi connectivity index (χ2n) is 6.27. The van der Waals surface area contributed by atoms with E-state index in [4.69, 9.17) is 9.26 Å². The number of halogens is 1. The maximum absolute atomic E-state index is 12.5. The lowest BCUT2D eigenvalue weighted by molar-refractivity contribution is 0.257. The van der Waals surface area contributed by atoms with E-state index in [2.05, 4.69) is 15.5 Å². The summed E-state index contributed by atoms with van der Waals surface area (Å²) in [4.78, 5) is 6.34. The van der Waals surface area contributed by atoms with E-state index in [1.54, 1.807) is 13.1 Å². The molecular weight excluding hydrogens is 509 g/mol. The fraction of sp³-hybridized carbons (Fsp3) is 0.444. The van der Waals surface area contributed by atoms with Crippen molar-refractivity contribution in [2.75, 3.05) is 46.4 Å². The first kappa shape index (κ1) is 23.4. The van der Waals surface area contributed by atoms with Crippen molar-refractivity contribution in [3.05, 3.63) is 48.4 Å². The molecule has 29 heavy (non-hydrogen) atoms. The molecule has 0 atom stereocenters. The number of ether oxygens (including phenoxy) is 1. The van der Waals surface area contributed by atoms with Crippen LogP contribution in [0.5, 0.6) is 5.75 Å². The van der Waals surface area contributed by atoms with Gasteiger partial charge in [0.15, 0.2) is 5.96 Å². The maximum atomic E-state index is 12.5. The van der Waals surface area contributed by atoms with Crippen LogP contribution in [0.15, 0.2) is 52.2 Å². The van der Waals surface area contributed by atoms with E-state index < -0.39 is 10.0 Å². The first-order chi connectivity index (χ1) is 13.6. The van der Waals surface area contributed by atoms with Crippen LogP contribution >= 0.6 is 24.0 Å². The highest BCUT2D eigenvalue weighted by molar-refractivity contribution is 14.0. The summed E-state index contributed by atoms with van der Waals surface area (Å²) >= 11 is 0. The van der Waals surface area contributed by atoms with Gasteiger partial charge in [0, 0.05) is 39.3 Å². The fourth-order valence-electron chi connectivity index (χ4n) is 2.95. The molecule has 3 rings (SSSR count). The van der Waals surface area contributed by atoms with Gasteiger partial charge in [0.1, 0.15) is 24.4 Å². The van der Waals surface area contributed by atoms with Crippen LogP contribution in [0.1, 0.15) is 5.69 Å². The lowest BCUT2D eigenvalue weighted by atomic mass is 10.3. The number of nitrogens with zero attached hydrogens (tertiary/aromatic N) is 4. The number of hydrogen-bond acceptors (Lipinski definition) is 6. The maximum Gasteiger partial charge on any atom is 0.220 e. The van der Waals surface area contributed by atoms with Crippen molar-refractivity contribution in [1.29, 1.82) is 0 Å². The van der Waals surface area contributed by atoms with E-state index in [9.17, 15) is 8.42 Å². The Bertz CT molecular complexity index is 854. The zero-order valence-electron chi connectivity index (χ0n) is 16.2. The largest absolute Gasteiger partial charge is 0.492 e. The standard InChI is InChI=1S/C18H25N5O4S.HI/c1-19-18(20-8-14-26-17-5-3-2-4-6-17)22-9-11-23(12-10-22)28(24,25)15-16-7-13-27-21-16;/h2-7,13H,8-12,14-15H2,1H3,(H,19,20);1H. The molecule has 9 nitrogen and oxygen atoms in total. The van der Waals surface area contributed by atoms with Crippen LogP contribution in [0, 0.1) is 0 Å². The number of aromatic nitrogens is 1.